The molecule has 3 unspecified atom stereocenters. The van der Waals surface area contributed by atoms with E-state index in [-0.39, 0.29) is 92.4 Å². The van der Waals surface area contributed by atoms with E-state index in [0.717, 1.165) is 55.4 Å². The van der Waals surface area contributed by atoms with Gasteiger partial charge in [-0.3, -0.25) is 43.1 Å². The lowest BCUT2D eigenvalue weighted by Crippen LogP contribution is -2.35. The number of aromatic nitrogens is 2. The Morgan fingerprint density at radius 2 is 1.74 bits per heavy atom. The van der Waals surface area contributed by atoms with Gasteiger partial charge in [0.05, 0.1) is 37.8 Å². The van der Waals surface area contributed by atoms with Gasteiger partial charge in [0.15, 0.2) is 0 Å². The number of fused-ring (bicyclic) bond motifs is 2. The van der Waals surface area contributed by atoms with Crippen LogP contribution < -0.4 is 47.5 Å². The Hall–Kier alpha value is -6.58. The number of anilines is 1. The van der Waals surface area contributed by atoms with Crippen LogP contribution in [0.2, 0.25) is 0 Å². The topological polar surface area (TPSA) is 316 Å². The molecule has 4 amide bonds. The van der Waals surface area contributed by atoms with Crippen LogP contribution in [-0.2, 0) is 37.6 Å². The average Bonchev–Trinajstić information content (AvgIpc) is 0.897. The number of hydrogen-bond acceptors (Lipinski definition) is 21. The molecule has 508 valence electrons. The van der Waals surface area contributed by atoms with Gasteiger partial charge in [-0.25, -0.2) is 4.79 Å². The summed E-state index contributed by atoms with van der Waals surface area (Å²) in [5.41, 5.74) is 4.56. The molecule has 3 aromatic carbocycles. The van der Waals surface area contributed by atoms with Crippen LogP contribution in [0.25, 0.3) is 33.4 Å². The van der Waals surface area contributed by atoms with Crippen molar-refractivity contribution in [2.24, 2.45) is 4.99 Å². The molecule has 6 atom stereocenters. The zero-order valence-electron chi connectivity index (χ0n) is 54.3. The number of nitrogens with zero attached hydrogens (tertiary/aromatic N) is 3. The minimum absolute atomic E-state index is 0.0601. The van der Waals surface area contributed by atoms with E-state index in [1.54, 1.807) is 53.9 Å². The van der Waals surface area contributed by atoms with Crippen molar-refractivity contribution in [1.29, 1.82) is 0 Å². The highest BCUT2D eigenvalue weighted by atomic mass is 33.1. The van der Waals surface area contributed by atoms with Crippen LogP contribution in [0.4, 0.5) is 5.69 Å². The number of ether oxygens (including phenoxy) is 5. The number of aromatic amines is 1. The summed E-state index contributed by atoms with van der Waals surface area (Å²) in [4.78, 5) is 108. The summed E-state index contributed by atoms with van der Waals surface area (Å²) in [6.45, 7) is 17.4. The molecule has 1 aliphatic carbocycles. The highest BCUT2D eigenvalue weighted by molar-refractivity contribution is 8.77. The van der Waals surface area contributed by atoms with E-state index in [0.29, 0.717) is 47.7 Å². The van der Waals surface area contributed by atoms with Crippen molar-refractivity contribution < 1.29 is 66.2 Å². The lowest BCUT2D eigenvalue weighted by molar-refractivity contribution is -0.223. The molecule has 3 aliphatic rings. The van der Waals surface area contributed by atoms with Crippen LogP contribution in [0, 0.1) is 25.7 Å². The van der Waals surface area contributed by atoms with E-state index < -0.39 is 55.5 Å². The Balaban J connectivity index is 0.829. The second-order valence-electron chi connectivity index (χ2n) is 22.7. The van der Waals surface area contributed by atoms with Crippen LogP contribution in [0.3, 0.4) is 0 Å². The van der Waals surface area contributed by atoms with E-state index in [9.17, 15) is 38.2 Å². The van der Waals surface area contributed by atoms with Gasteiger partial charge in [0.1, 0.15) is 59.1 Å². The molecular weight excluding hydrogens is 1310 g/mol. The van der Waals surface area contributed by atoms with Crippen LogP contribution in [-0.4, -0.2) is 156 Å². The van der Waals surface area contributed by atoms with Crippen LogP contribution >= 0.6 is 51.0 Å². The second kappa shape index (κ2) is 36.0. The molecule has 1 aromatic heterocycles. The predicted octanol–water partition coefficient (Wildman–Crippen LogP) is 8.02. The first-order valence-electron chi connectivity index (χ1n) is 30.6. The van der Waals surface area contributed by atoms with Crippen molar-refractivity contribution in [3.8, 4) is 40.0 Å². The molecule has 4 aromatic rings. The summed E-state index contributed by atoms with van der Waals surface area (Å²) in [6, 6.07) is 22.4. The Morgan fingerprint density at radius 3 is 2.49 bits per heavy atom. The summed E-state index contributed by atoms with van der Waals surface area (Å²) >= 11 is 0. The van der Waals surface area contributed by atoms with Crippen molar-refractivity contribution in [2.45, 2.75) is 109 Å². The number of nitrogens with one attached hydrogen (secondary N) is 5. The quantitative estimate of drug-likeness (QED) is 0.00567. The highest BCUT2D eigenvalue weighted by Crippen LogP contribution is 2.44. The van der Waals surface area contributed by atoms with Crippen molar-refractivity contribution in [2.75, 3.05) is 90.9 Å². The molecule has 0 radical (unpaired) electrons. The fraction of sp³-hybridized carbons (Fsp3) is 0.462. The molecule has 29 heteroatoms. The molecule has 94 heavy (non-hydrogen) atoms. The summed E-state index contributed by atoms with van der Waals surface area (Å²) < 4.78 is 53.1. The third-order valence-corrected chi connectivity index (χ3v) is 20.1. The molecule has 3 heterocycles. The van der Waals surface area contributed by atoms with Crippen LogP contribution in [0.1, 0.15) is 104 Å². The smallest absolute Gasteiger partial charge is 0.330 e. The highest BCUT2D eigenvalue weighted by Gasteiger charge is 2.39. The maximum atomic E-state index is 14.3. The fourth-order valence-corrected chi connectivity index (χ4v) is 13.8. The van der Waals surface area contributed by atoms with E-state index >= 15 is 0 Å². The van der Waals surface area contributed by atoms with Crippen molar-refractivity contribution in [1.82, 2.24) is 30.4 Å². The first kappa shape index (κ1) is 74.8. The maximum absolute atomic E-state index is 14.3. The van der Waals surface area contributed by atoms with E-state index in [4.69, 9.17) is 38.0 Å². The Bertz CT molecular complexity index is 3880. The fourth-order valence-electron chi connectivity index (χ4n) is 9.89. The van der Waals surface area contributed by atoms with Gasteiger partial charge < -0.3 is 68.6 Å². The SMILES string of the molecule is CCN=c1cc2oc3cc(NCC)c(C)cc3c(-c3ccccc3C(=O)N(C)CCCC(=O)NCCNC(=O)c3cccc(OCC(OCCOCC(=O)NCC#Cc4cn([C@H]5CC(O[C@H](C)SSC)[C@@H](COP(=O)([O-])O)O5)c(=O)[nH]c4=O)SSC(C)(C)C)c3)c-2cc1C. The number of carbonyl (C=O) groups is 4. The third kappa shape index (κ3) is 22.5. The normalized spacial score (nSPS) is 16.2. The summed E-state index contributed by atoms with van der Waals surface area (Å²) in [5.74, 6) is 5.17. The van der Waals surface area contributed by atoms with E-state index in [1.165, 1.54) is 38.6 Å². The van der Waals surface area contributed by atoms with Crippen molar-refractivity contribution in [3.63, 3.8) is 0 Å². The molecule has 0 bridgehead atoms. The van der Waals surface area contributed by atoms with Gasteiger partial charge in [0.25, 0.3) is 25.2 Å². The first-order valence-corrected chi connectivity index (χ1v) is 36.9. The zero-order chi connectivity index (χ0) is 68.1. The lowest BCUT2D eigenvalue weighted by atomic mass is 9.89. The van der Waals surface area contributed by atoms with Crippen LogP contribution in [0.15, 0.2) is 98.0 Å². The minimum atomic E-state index is -5.09. The number of phosphoric ester groups is 1. The molecule has 24 nitrogen and oxygen atoms in total. The van der Waals surface area contributed by atoms with Gasteiger partial charge >= 0.3 is 5.69 Å². The van der Waals surface area contributed by atoms with Crippen molar-refractivity contribution in [3.05, 3.63) is 133 Å². The maximum Gasteiger partial charge on any atom is 0.330 e. The average molecular weight is 1390 g/mol. The monoisotopic (exact) mass is 1390 g/mol. The number of aryl methyl sites for hydroxylation is 2. The number of rotatable bonds is 33. The van der Waals surface area contributed by atoms with Gasteiger partial charge in [0, 0.05) is 109 Å². The number of benzene rings is 4. The lowest BCUT2D eigenvalue weighted by Gasteiger charge is -2.24. The molecule has 2 aliphatic heterocycles. The Kier molecular flexibility index (Phi) is 28.6. The number of hydrogen-bond donors (Lipinski definition) is 6. The molecular formula is C65H82N8O16PS4-. The Labute approximate surface area is 562 Å². The molecule has 7 rings (SSSR count). The molecule has 1 saturated heterocycles. The van der Waals surface area contributed by atoms with Gasteiger partial charge in [-0.2, -0.15) is 0 Å². The summed E-state index contributed by atoms with van der Waals surface area (Å²) in [6.07, 6.45) is 0.961. The van der Waals surface area contributed by atoms with Crippen LogP contribution in [0.5, 0.6) is 5.75 Å². The van der Waals surface area contributed by atoms with Gasteiger partial charge in [-0.1, -0.05) is 100 Å². The Morgan fingerprint density at radius 1 is 0.968 bits per heavy atom. The van der Waals surface area contributed by atoms with Gasteiger partial charge in [0.2, 0.25) is 11.8 Å². The minimum Gasteiger partial charge on any atom is -0.756 e. The standard InChI is InChI=1S/C65H83N8O16PS4/c1-11-66-50-33-52-48(30-40(50)3)60(49-31-41(4)51(67-12-2)34-53(49)88-52)46-21-13-14-22-47(46)63(78)72(9)27-17-23-56(74)69-25-26-70-61(76)43-18-15-20-45(32-43)85-39-59(93-94-65(6,7)8)84-29-28-83-38-57(75)68-24-16-19-44-36-73(64(79)71-62(44)77)58-35-54(87-42(5)92-91-10)55(89-58)37-86-90(80,81)82/h13-15,18,20-22,30-34,36,42,54-55,58-59,66H,11-12,17,23-29,35,37-39H2,1-10H3,(H,68,75)(H,69,74)(H,70,76)(H,71,77,79)(H2,80,81,82)/p-1/t42-,54?,55+,58+,59?/m0/s1. The largest absolute Gasteiger partial charge is 0.756 e. The van der Waals surface area contributed by atoms with Gasteiger partial charge in [-0.05, 0) is 100 Å². The number of amides is 4. The van der Waals surface area contributed by atoms with E-state index in [1.807, 2.05) is 63.4 Å². The second-order valence-corrected chi connectivity index (χ2v) is 29.8. The van der Waals surface area contributed by atoms with Crippen molar-refractivity contribution >= 4 is 91.3 Å². The predicted molar refractivity (Wildman–Crippen MR) is 368 cm³/mol. The molecule has 0 saturated carbocycles. The summed E-state index contributed by atoms with van der Waals surface area (Å²) in [7, 11) is 2.56. The molecule has 0 spiro atoms. The number of phosphoric acid groups is 1. The van der Waals surface area contributed by atoms with E-state index in [2.05, 4.69) is 82.4 Å². The first-order chi connectivity index (χ1) is 44.8. The molecule has 6 N–H and O–H groups in total. The third-order valence-electron chi connectivity index (χ3n) is 14.2. The van der Waals surface area contributed by atoms with Gasteiger partial charge in [-0.15, -0.1) is 0 Å². The number of carbonyl (C=O) groups excluding carboxylic acids is 4. The summed E-state index contributed by atoms with van der Waals surface area (Å²) in [5, 5.41) is 13.5. The number of H-pyrrole nitrogens is 1. The zero-order valence-corrected chi connectivity index (χ0v) is 58.4. The molecule has 1 fully saturated rings.